The molecule has 6 nitrogen and oxygen atoms in total. The Balaban J connectivity index is 1.75. The summed E-state index contributed by atoms with van der Waals surface area (Å²) in [4.78, 5) is 10.4. The van der Waals surface area contributed by atoms with Gasteiger partial charge in [-0.1, -0.05) is 45.4 Å². The van der Waals surface area contributed by atoms with Crippen molar-refractivity contribution in [3.8, 4) is 5.75 Å². The van der Waals surface area contributed by atoms with Gasteiger partial charge in [0.25, 0.3) is 5.69 Å². The number of nitro benzene ring substituents is 1. The lowest BCUT2D eigenvalue weighted by molar-refractivity contribution is -0.385. The predicted molar refractivity (Wildman–Crippen MR) is 98.8 cm³/mol. The highest BCUT2D eigenvalue weighted by Crippen LogP contribution is 2.50. The lowest BCUT2D eigenvalue weighted by atomic mass is 10.1. The molecule has 0 aromatic heterocycles. The van der Waals surface area contributed by atoms with Gasteiger partial charge in [0.05, 0.1) is 11.5 Å². The van der Waals surface area contributed by atoms with E-state index in [1.165, 1.54) is 50.7 Å². The molecule has 1 aliphatic heterocycles. The number of nitrogens with one attached hydrogen (secondary N) is 1. The lowest BCUT2D eigenvalue weighted by Gasteiger charge is -2.29. The topological polar surface area (TPSA) is 73.6 Å². The van der Waals surface area contributed by atoms with Crippen molar-refractivity contribution in [3.63, 3.8) is 0 Å². The van der Waals surface area contributed by atoms with E-state index in [0.717, 1.165) is 13.0 Å². The van der Waals surface area contributed by atoms with E-state index >= 15 is 0 Å². The highest BCUT2D eigenvalue weighted by molar-refractivity contribution is 8.09. The number of rotatable bonds is 10. The van der Waals surface area contributed by atoms with Crippen molar-refractivity contribution in [3.05, 3.63) is 33.9 Å². The predicted octanol–water partition coefficient (Wildman–Crippen LogP) is 5.07. The van der Waals surface area contributed by atoms with Gasteiger partial charge in [-0.15, -0.1) is 0 Å². The Bertz CT molecular complexity index is 612. The fraction of sp³-hybridized carbons (Fsp3) is 0.625. The van der Waals surface area contributed by atoms with E-state index in [4.69, 9.17) is 20.9 Å². The largest absolute Gasteiger partial charge is 0.432 e. The van der Waals surface area contributed by atoms with Crippen molar-refractivity contribution in [2.24, 2.45) is 0 Å². The third-order valence-electron chi connectivity index (χ3n) is 3.95. The fourth-order valence-corrected chi connectivity index (χ4v) is 4.63. The molecular weight excluding hydrogens is 347 g/mol. The van der Waals surface area contributed by atoms with Crippen LogP contribution in [0, 0.1) is 10.1 Å². The molecule has 1 N–H and O–H groups in total. The Kier molecular flexibility index (Phi) is 7.62. The Morgan fingerprint density at radius 2 is 1.96 bits per heavy atom. The van der Waals surface area contributed by atoms with E-state index < -0.39 is 11.6 Å². The van der Waals surface area contributed by atoms with Gasteiger partial charge < -0.3 is 9.05 Å². The maximum Gasteiger partial charge on any atom is 0.313 e. The number of fused-ring (bicyclic) bond motifs is 1. The molecule has 1 unspecified atom stereocenters. The first-order chi connectivity index (χ1) is 11.5. The van der Waals surface area contributed by atoms with Crippen LogP contribution in [0.5, 0.6) is 5.75 Å². The second-order valence-electron chi connectivity index (χ2n) is 5.94. The van der Waals surface area contributed by atoms with Gasteiger partial charge in [-0.05, 0) is 24.3 Å². The molecule has 0 spiro atoms. The zero-order valence-corrected chi connectivity index (χ0v) is 15.7. The third kappa shape index (κ3) is 5.81. The third-order valence-corrected chi connectivity index (χ3v) is 6.39. The van der Waals surface area contributed by atoms with Crippen LogP contribution < -0.4 is 9.61 Å². The molecule has 0 radical (unpaired) electrons. The van der Waals surface area contributed by atoms with Crippen LogP contribution in [0.25, 0.3) is 0 Å². The van der Waals surface area contributed by atoms with Crippen molar-refractivity contribution in [2.45, 2.75) is 58.5 Å². The van der Waals surface area contributed by atoms with E-state index in [1.807, 2.05) is 0 Å². The maximum atomic E-state index is 10.8. The van der Waals surface area contributed by atoms with E-state index in [2.05, 4.69) is 12.0 Å². The van der Waals surface area contributed by atoms with E-state index in [0.29, 0.717) is 11.3 Å². The standard InChI is InChI=1S/C16H25N2O4PS/c1-2-3-4-5-6-7-8-11-17-23(24)21-13-14-12-15(18(19)20)9-10-16(14)22-23/h9-10,12H,2-8,11,13H2,1H3,(H,17,24). The Morgan fingerprint density at radius 1 is 1.25 bits per heavy atom. The average Bonchev–Trinajstić information content (AvgIpc) is 2.56. The molecule has 2 rings (SSSR count). The van der Waals surface area contributed by atoms with Gasteiger partial charge >= 0.3 is 6.64 Å². The summed E-state index contributed by atoms with van der Waals surface area (Å²) >= 11 is 5.47. The van der Waals surface area contributed by atoms with Crippen LogP contribution in [0.4, 0.5) is 5.69 Å². The zero-order chi connectivity index (χ0) is 17.4. The van der Waals surface area contributed by atoms with Crippen LogP contribution in [0.3, 0.4) is 0 Å². The van der Waals surface area contributed by atoms with E-state index in [9.17, 15) is 10.1 Å². The molecule has 0 amide bonds. The van der Waals surface area contributed by atoms with Crippen molar-refractivity contribution >= 4 is 24.1 Å². The van der Waals surface area contributed by atoms with Gasteiger partial charge in [0.15, 0.2) is 0 Å². The summed E-state index contributed by atoms with van der Waals surface area (Å²) in [5.74, 6) is 0.585. The molecule has 1 heterocycles. The van der Waals surface area contributed by atoms with Gasteiger partial charge in [0, 0.05) is 24.2 Å². The second-order valence-corrected chi connectivity index (χ2v) is 9.13. The molecule has 1 aromatic carbocycles. The van der Waals surface area contributed by atoms with Gasteiger partial charge in [-0.2, -0.15) is 0 Å². The molecule has 0 saturated carbocycles. The highest BCUT2D eigenvalue weighted by atomic mass is 32.5. The second kappa shape index (κ2) is 9.47. The smallest absolute Gasteiger partial charge is 0.313 e. The average molecular weight is 372 g/mol. The molecule has 0 fully saturated rings. The summed E-state index contributed by atoms with van der Waals surface area (Å²) in [5.41, 5.74) is 0.703. The first kappa shape index (κ1) is 19.3. The van der Waals surface area contributed by atoms with Crippen LogP contribution in [0.2, 0.25) is 0 Å². The number of nitrogens with zero attached hydrogens (tertiary/aromatic N) is 1. The van der Waals surface area contributed by atoms with E-state index in [-0.39, 0.29) is 12.3 Å². The molecular formula is C16H25N2O4PS. The normalized spacial score (nSPS) is 19.5. The quantitative estimate of drug-likeness (QED) is 0.268. The minimum absolute atomic E-state index is 0.0344. The summed E-state index contributed by atoms with van der Waals surface area (Å²) in [6, 6.07) is 4.51. The number of hydrogen-bond donors (Lipinski definition) is 1. The van der Waals surface area contributed by atoms with Crippen LogP contribution >= 0.6 is 6.64 Å². The number of non-ortho nitro benzene ring substituents is 1. The Morgan fingerprint density at radius 3 is 2.67 bits per heavy atom. The number of benzene rings is 1. The summed E-state index contributed by atoms with van der Waals surface area (Å²) in [7, 11) is 0. The molecule has 0 bridgehead atoms. The molecule has 134 valence electrons. The van der Waals surface area contributed by atoms with E-state index in [1.54, 1.807) is 6.07 Å². The molecule has 24 heavy (non-hydrogen) atoms. The molecule has 0 saturated heterocycles. The number of nitro groups is 1. The summed E-state index contributed by atoms with van der Waals surface area (Å²) in [6.45, 7) is 0.702. The SMILES string of the molecule is CCCCCCCCCNP1(=S)OCc2cc([N+](=O)[O-])ccc2O1. The fourth-order valence-electron chi connectivity index (χ4n) is 2.57. The highest BCUT2D eigenvalue weighted by Gasteiger charge is 2.28. The van der Waals surface area contributed by atoms with Gasteiger partial charge in [0.1, 0.15) is 5.75 Å². The summed E-state index contributed by atoms with van der Waals surface area (Å²) < 4.78 is 11.4. The minimum atomic E-state index is -2.54. The lowest BCUT2D eigenvalue weighted by Crippen LogP contribution is -2.21. The van der Waals surface area contributed by atoms with Crippen LogP contribution in [-0.4, -0.2) is 11.5 Å². The first-order valence-electron chi connectivity index (χ1n) is 8.51. The molecule has 8 heteroatoms. The van der Waals surface area contributed by atoms with Crippen molar-refractivity contribution < 1.29 is 14.0 Å². The Labute approximate surface area is 148 Å². The van der Waals surface area contributed by atoms with Crippen molar-refractivity contribution in [1.82, 2.24) is 5.09 Å². The van der Waals surface area contributed by atoms with Crippen LogP contribution in [0.15, 0.2) is 18.2 Å². The minimum Gasteiger partial charge on any atom is -0.432 e. The number of hydrogen-bond acceptors (Lipinski definition) is 5. The molecule has 1 aromatic rings. The molecule has 1 aliphatic rings. The zero-order valence-electron chi connectivity index (χ0n) is 14.0. The van der Waals surface area contributed by atoms with Crippen molar-refractivity contribution in [1.29, 1.82) is 0 Å². The Hall–Kier alpha value is -1.01. The van der Waals surface area contributed by atoms with Gasteiger partial charge in [-0.3, -0.25) is 10.1 Å². The van der Waals surface area contributed by atoms with Crippen LogP contribution in [0.1, 0.15) is 57.4 Å². The molecule has 0 aliphatic carbocycles. The van der Waals surface area contributed by atoms with Crippen molar-refractivity contribution in [2.75, 3.05) is 6.54 Å². The summed E-state index contributed by atoms with van der Waals surface area (Å²) in [6.07, 6.45) is 8.66. The number of unbranched alkanes of at least 4 members (excludes halogenated alkanes) is 6. The van der Waals surface area contributed by atoms with Gasteiger partial charge in [-0.25, -0.2) is 5.09 Å². The van der Waals surface area contributed by atoms with Gasteiger partial charge in [0.2, 0.25) is 0 Å². The molecule has 1 atom stereocenters. The monoisotopic (exact) mass is 372 g/mol. The summed E-state index contributed by atoms with van der Waals surface area (Å²) in [5, 5.41) is 14.0. The van der Waals surface area contributed by atoms with Crippen LogP contribution in [-0.2, 0) is 22.9 Å². The maximum absolute atomic E-state index is 10.8. The first-order valence-corrected chi connectivity index (χ1v) is 11.1.